The molecule has 1 fully saturated rings. The Morgan fingerprint density at radius 1 is 1.26 bits per heavy atom. The van der Waals surface area contributed by atoms with Crippen molar-refractivity contribution in [2.75, 3.05) is 7.11 Å². The van der Waals surface area contributed by atoms with Crippen LogP contribution in [0.15, 0.2) is 24.3 Å². The molecule has 5 nitrogen and oxygen atoms in total. The highest BCUT2D eigenvalue weighted by Crippen LogP contribution is 2.42. The third-order valence-electron chi connectivity index (χ3n) is 4.69. The third kappa shape index (κ3) is 3.41. The number of nitriles is 1. The molecule has 122 valence electrons. The van der Waals surface area contributed by atoms with Gasteiger partial charge in [0, 0.05) is 5.82 Å². The van der Waals surface area contributed by atoms with Crippen LogP contribution in [0, 0.1) is 11.3 Å². The standard InChI is InChI=1S/C17H22BNO4/c1-16(2)17(3,4)23-18(22-16)14(10-15(20)21-5)13-9-7-6-8-12(13)11-19/h6-9,14H,10H2,1-5H3. The van der Waals surface area contributed by atoms with Gasteiger partial charge < -0.3 is 14.0 Å². The van der Waals surface area contributed by atoms with Gasteiger partial charge in [-0.05, 0) is 39.3 Å². The van der Waals surface area contributed by atoms with E-state index in [-0.39, 0.29) is 12.4 Å². The monoisotopic (exact) mass is 315 g/mol. The van der Waals surface area contributed by atoms with Gasteiger partial charge in [0.15, 0.2) is 0 Å². The molecule has 0 N–H and O–H groups in total. The van der Waals surface area contributed by atoms with Crippen LogP contribution in [-0.4, -0.2) is 31.4 Å². The van der Waals surface area contributed by atoms with Gasteiger partial charge in [0.05, 0.1) is 36.4 Å². The summed E-state index contributed by atoms with van der Waals surface area (Å²) in [5.74, 6) is -0.767. The maximum atomic E-state index is 11.9. The van der Waals surface area contributed by atoms with Crippen molar-refractivity contribution in [3.63, 3.8) is 0 Å². The van der Waals surface area contributed by atoms with E-state index < -0.39 is 24.1 Å². The summed E-state index contributed by atoms with van der Waals surface area (Å²) in [6.45, 7) is 7.83. The normalized spacial score (nSPS) is 19.9. The Labute approximate surface area is 137 Å². The molecule has 1 saturated heterocycles. The summed E-state index contributed by atoms with van der Waals surface area (Å²) >= 11 is 0. The average molecular weight is 315 g/mol. The maximum absolute atomic E-state index is 11.9. The van der Waals surface area contributed by atoms with Crippen molar-refractivity contribution in [3.05, 3.63) is 35.4 Å². The lowest BCUT2D eigenvalue weighted by atomic mass is 9.65. The first kappa shape index (κ1) is 17.5. The number of methoxy groups -OCH3 is 1. The summed E-state index contributed by atoms with van der Waals surface area (Å²) in [7, 11) is 0.730. The van der Waals surface area contributed by atoms with Gasteiger partial charge in [0.2, 0.25) is 0 Å². The minimum absolute atomic E-state index is 0.0893. The Bertz CT molecular complexity index is 620. The van der Waals surface area contributed by atoms with Gasteiger partial charge in [0.25, 0.3) is 0 Å². The van der Waals surface area contributed by atoms with E-state index in [4.69, 9.17) is 14.0 Å². The molecule has 23 heavy (non-hydrogen) atoms. The molecule has 1 aliphatic heterocycles. The van der Waals surface area contributed by atoms with Crippen LogP contribution in [0.1, 0.15) is 51.1 Å². The first-order chi connectivity index (χ1) is 10.7. The minimum atomic E-state index is -0.617. The van der Waals surface area contributed by atoms with E-state index in [9.17, 15) is 10.1 Å². The molecule has 0 amide bonds. The Balaban J connectivity index is 2.40. The largest absolute Gasteiger partial charge is 0.469 e. The molecule has 1 aliphatic rings. The molecule has 0 aliphatic carbocycles. The molecule has 0 spiro atoms. The number of ether oxygens (including phenoxy) is 1. The molecular weight excluding hydrogens is 293 g/mol. The van der Waals surface area contributed by atoms with Crippen LogP contribution in [0.2, 0.25) is 0 Å². The van der Waals surface area contributed by atoms with Crippen molar-refractivity contribution in [2.45, 2.75) is 51.1 Å². The van der Waals surface area contributed by atoms with E-state index in [1.165, 1.54) is 7.11 Å². The average Bonchev–Trinajstić information content (AvgIpc) is 2.72. The predicted octanol–water partition coefficient (Wildman–Crippen LogP) is 2.84. The molecule has 0 bridgehead atoms. The van der Waals surface area contributed by atoms with E-state index in [0.29, 0.717) is 5.56 Å². The highest BCUT2D eigenvalue weighted by atomic mass is 16.7. The highest BCUT2D eigenvalue weighted by molar-refractivity contribution is 6.48. The van der Waals surface area contributed by atoms with E-state index in [1.54, 1.807) is 12.1 Å². The first-order valence-corrected chi connectivity index (χ1v) is 7.63. The van der Waals surface area contributed by atoms with Crippen LogP contribution in [0.3, 0.4) is 0 Å². The number of hydrogen-bond donors (Lipinski definition) is 0. The summed E-state index contributed by atoms with van der Waals surface area (Å²) < 4.78 is 17.0. The molecule has 0 saturated carbocycles. The molecule has 0 aromatic heterocycles. The first-order valence-electron chi connectivity index (χ1n) is 7.63. The Morgan fingerprint density at radius 3 is 2.35 bits per heavy atom. The Morgan fingerprint density at radius 2 is 1.83 bits per heavy atom. The zero-order valence-corrected chi connectivity index (χ0v) is 14.3. The second-order valence-corrected chi connectivity index (χ2v) is 6.71. The van der Waals surface area contributed by atoms with Crippen molar-refractivity contribution < 1.29 is 18.8 Å². The summed E-state index contributed by atoms with van der Waals surface area (Å²) in [5.41, 5.74) is 0.233. The Kier molecular flexibility index (Phi) is 4.83. The molecule has 1 heterocycles. The predicted molar refractivity (Wildman–Crippen MR) is 86.6 cm³/mol. The second kappa shape index (κ2) is 6.35. The molecule has 1 atom stereocenters. The van der Waals surface area contributed by atoms with Gasteiger partial charge in [0.1, 0.15) is 0 Å². The zero-order chi connectivity index (χ0) is 17.3. The molecule has 6 heteroatoms. The van der Waals surface area contributed by atoms with Crippen molar-refractivity contribution in [3.8, 4) is 6.07 Å². The van der Waals surface area contributed by atoms with Gasteiger partial charge in [-0.3, -0.25) is 4.79 Å². The van der Waals surface area contributed by atoms with Crippen molar-refractivity contribution >= 4 is 13.1 Å². The summed E-state index contributed by atoms with van der Waals surface area (Å²) in [6.07, 6.45) is 0.0893. The SMILES string of the molecule is COC(=O)CC(B1OC(C)(C)C(C)(C)O1)c1ccccc1C#N. The highest BCUT2D eigenvalue weighted by Gasteiger charge is 2.54. The van der Waals surface area contributed by atoms with E-state index in [2.05, 4.69) is 6.07 Å². The summed E-state index contributed by atoms with van der Waals surface area (Å²) in [4.78, 5) is 11.9. The number of nitrogens with zero attached hydrogens (tertiary/aromatic N) is 1. The van der Waals surface area contributed by atoms with E-state index in [0.717, 1.165) is 5.56 Å². The lowest BCUT2D eigenvalue weighted by molar-refractivity contribution is -0.140. The van der Waals surface area contributed by atoms with Crippen LogP contribution in [0.25, 0.3) is 0 Å². The zero-order valence-electron chi connectivity index (χ0n) is 14.3. The smallest absolute Gasteiger partial charge is 0.466 e. The fourth-order valence-electron chi connectivity index (χ4n) is 2.59. The number of hydrogen-bond acceptors (Lipinski definition) is 5. The summed E-state index contributed by atoms with van der Waals surface area (Å²) in [6, 6.07) is 9.36. The Hall–Kier alpha value is -1.84. The van der Waals surface area contributed by atoms with Crippen LogP contribution >= 0.6 is 0 Å². The number of benzene rings is 1. The molecule has 1 unspecified atom stereocenters. The van der Waals surface area contributed by atoms with Gasteiger partial charge in [-0.1, -0.05) is 18.2 Å². The maximum Gasteiger partial charge on any atom is 0.466 e. The molecule has 0 radical (unpaired) electrons. The van der Waals surface area contributed by atoms with Crippen molar-refractivity contribution in [2.24, 2.45) is 0 Å². The van der Waals surface area contributed by atoms with Gasteiger partial charge in [-0.2, -0.15) is 5.26 Å². The van der Waals surface area contributed by atoms with Gasteiger partial charge in [-0.15, -0.1) is 0 Å². The fourth-order valence-corrected chi connectivity index (χ4v) is 2.59. The lowest BCUT2D eigenvalue weighted by Gasteiger charge is -2.32. The van der Waals surface area contributed by atoms with Crippen LogP contribution in [0.5, 0.6) is 0 Å². The van der Waals surface area contributed by atoms with Crippen LogP contribution < -0.4 is 0 Å². The lowest BCUT2D eigenvalue weighted by Crippen LogP contribution is -2.41. The van der Waals surface area contributed by atoms with Gasteiger partial charge in [-0.25, -0.2) is 0 Å². The van der Waals surface area contributed by atoms with Crippen molar-refractivity contribution in [1.29, 1.82) is 5.26 Å². The molecule has 2 rings (SSSR count). The quantitative estimate of drug-likeness (QED) is 0.631. The fraction of sp³-hybridized carbons (Fsp3) is 0.529. The van der Waals surface area contributed by atoms with Crippen LogP contribution in [-0.2, 0) is 18.8 Å². The molecule has 1 aromatic rings. The molecular formula is C17H22BNO4. The number of rotatable bonds is 4. The number of esters is 1. The summed E-state index contributed by atoms with van der Waals surface area (Å²) in [5, 5.41) is 9.36. The van der Waals surface area contributed by atoms with Crippen molar-refractivity contribution in [1.82, 2.24) is 0 Å². The van der Waals surface area contributed by atoms with E-state index in [1.807, 2.05) is 39.8 Å². The second-order valence-electron chi connectivity index (χ2n) is 6.71. The van der Waals surface area contributed by atoms with Crippen LogP contribution in [0.4, 0.5) is 0 Å². The minimum Gasteiger partial charge on any atom is -0.469 e. The third-order valence-corrected chi connectivity index (χ3v) is 4.69. The molecule has 1 aromatic carbocycles. The topological polar surface area (TPSA) is 68.6 Å². The van der Waals surface area contributed by atoms with E-state index >= 15 is 0 Å². The van der Waals surface area contributed by atoms with Gasteiger partial charge >= 0.3 is 13.1 Å². The number of carbonyl (C=O) groups is 1. The number of carbonyl (C=O) groups excluding carboxylic acids is 1.